The monoisotopic (exact) mass is 325 g/mol. The molecule has 0 radical (unpaired) electrons. The third-order valence-corrected chi connectivity index (χ3v) is 3.13. The zero-order chi connectivity index (χ0) is 15.3. The molecule has 2 N–H and O–H groups in total. The highest BCUT2D eigenvalue weighted by molar-refractivity contribution is 6.42. The van der Waals surface area contributed by atoms with E-state index in [-0.39, 0.29) is 11.4 Å². The Labute approximate surface area is 123 Å². The molecule has 1 rings (SSSR count). The van der Waals surface area contributed by atoms with Crippen LogP contribution >= 0.6 is 23.2 Å². The molecule has 0 aliphatic carbocycles. The molecule has 0 heterocycles. The summed E-state index contributed by atoms with van der Waals surface area (Å²) in [7, 11) is 0. The quantitative estimate of drug-likeness (QED) is 0.845. The van der Waals surface area contributed by atoms with Gasteiger partial charge in [0.05, 0.1) is 16.5 Å². The van der Waals surface area contributed by atoms with Gasteiger partial charge in [0, 0.05) is 6.42 Å². The molecular formula is C12H11Cl2F2NO3. The fourth-order valence-electron chi connectivity index (χ4n) is 1.48. The summed E-state index contributed by atoms with van der Waals surface area (Å²) in [4.78, 5) is 22.3. The molecule has 0 saturated heterocycles. The highest BCUT2D eigenvalue weighted by Crippen LogP contribution is 2.22. The lowest BCUT2D eigenvalue weighted by Gasteiger charge is -2.14. The number of carbonyl (C=O) groups excluding carboxylic acids is 1. The second-order valence-electron chi connectivity index (χ2n) is 4.01. The van der Waals surface area contributed by atoms with Crippen molar-refractivity contribution in [2.75, 3.05) is 0 Å². The minimum Gasteiger partial charge on any atom is -0.480 e. The number of aliphatic carboxylic acids is 1. The summed E-state index contributed by atoms with van der Waals surface area (Å²) in [6.45, 7) is 0. The van der Waals surface area contributed by atoms with Crippen LogP contribution < -0.4 is 5.32 Å². The molecule has 4 nitrogen and oxygen atoms in total. The number of hydrogen-bond donors (Lipinski definition) is 2. The summed E-state index contributed by atoms with van der Waals surface area (Å²) >= 11 is 11.5. The second-order valence-corrected chi connectivity index (χ2v) is 4.82. The molecule has 1 atom stereocenters. The molecule has 1 amide bonds. The van der Waals surface area contributed by atoms with E-state index in [1.807, 2.05) is 5.32 Å². The minimum absolute atomic E-state index is 0.177. The molecule has 0 aliphatic rings. The Balaban J connectivity index is 2.65. The van der Waals surface area contributed by atoms with Crippen LogP contribution in [0, 0.1) is 0 Å². The van der Waals surface area contributed by atoms with Gasteiger partial charge in [0.25, 0.3) is 0 Å². The maximum atomic E-state index is 12.2. The topological polar surface area (TPSA) is 66.4 Å². The van der Waals surface area contributed by atoms with Crippen molar-refractivity contribution in [1.82, 2.24) is 5.32 Å². The maximum absolute atomic E-state index is 12.2. The highest BCUT2D eigenvalue weighted by atomic mass is 35.5. The molecule has 1 unspecified atom stereocenters. The van der Waals surface area contributed by atoms with Crippen molar-refractivity contribution in [3.63, 3.8) is 0 Å². The van der Waals surface area contributed by atoms with Crippen LogP contribution in [0.15, 0.2) is 18.2 Å². The highest BCUT2D eigenvalue weighted by Gasteiger charge is 2.24. The third kappa shape index (κ3) is 5.30. The second kappa shape index (κ2) is 7.40. The van der Waals surface area contributed by atoms with Crippen LogP contribution in [0.25, 0.3) is 0 Å². The van der Waals surface area contributed by atoms with Gasteiger partial charge in [-0.1, -0.05) is 29.3 Å². The van der Waals surface area contributed by atoms with Gasteiger partial charge in [-0.05, 0) is 17.7 Å². The van der Waals surface area contributed by atoms with Gasteiger partial charge in [-0.2, -0.15) is 0 Å². The summed E-state index contributed by atoms with van der Waals surface area (Å²) in [6.07, 6.45) is -3.94. The van der Waals surface area contributed by atoms with Crippen LogP contribution in [0.4, 0.5) is 8.78 Å². The lowest BCUT2D eigenvalue weighted by molar-refractivity contribution is -0.142. The van der Waals surface area contributed by atoms with E-state index < -0.39 is 30.8 Å². The molecule has 1 aromatic carbocycles. The molecule has 0 spiro atoms. The van der Waals surface area contributed by atoms with Gasteiger partial charge in [-0.3, -0.25) is 4.79 Å². The minimum atomic E-state index is -2.82. The fourth-order valence-corrected chi connectivity index (χ4v) is 1.80. The normalized spacial score (nSPS) is 12.2. The number of benzene rings is 1. The number of rotatable bonds is 6. The summed E-state index contributed by atoms with van der Waals surface area (Å²) < 4.78 is 24.3. The van der Waals surface area contributed by atoms with Gasteiger partial charge in [0.1, 0.15) is 6.04 Å². The summed E-state index contributed by atoms with van der Waals surface area (Å²) in [5, 5.41) is 11.3. The summed E-state index contributed by atoms with van der Waals surface area (Å²) in [5.41, 5.74) is 0.498. The Hall–Kier alpha value is -1.40. The number of alkyl halides is 2. The Morgan fingerprint density at radius 1 is 1.25 bits per heavy atom. The first-order valence-corrected chi connectivity index (χ1v) is 6.29. The van der Waals surface area contributed by atoms with Gasteiger partial charge in [0.2, 0.25) is 12.3 Å². The Kier molecular flexibility index (Phi) is 6.16. The molecule has 0 aromatic heterocycles. The maximum Gasteiger partial charge on any atom is 0.326 e. The number of nitrogens with one attached hydrogen (secondary N) is 1. The van der Waals surface area contributed by atoms with E-state index in [0.29, 0.717) is 10.6 Å². The van der Waals surface area contributed by atoms with Crippen molar-refractivity contribution in [3.05, 3.63) is 33.8 Å². The number of halogens is 4. The van der Waals surface area contributed by atoms with Gasteiger partial charge in [-0.25, -0.2) is 13.6 Å². The first kappa shape index (κ1) is 16.7. The average Bonchev–Trinajstić information content (AvgIpc) is 2.32. The predicted octanol–water partition coefficient (Wildman–Crippen LogP) is 2.76. The van der Waals surface area contributed by atoms with E-state index in [0.717, 1.165) is 0 Å². The van der Waals surface area contributed by atoms with E-state index in [1.54, 1.807) is 0 Å². The summed E-state index contributed by atoms with van der Waals surface area (Å²) in [6, 6.07) is 2.86. The van der Waals surface area contributed by atoms with E-state index in [1.165, 1.54) is 18.2 Å². The number of carboxylic acid groups (broad SMARTS) is 1. The lowest BCUT2D eigenvalue weighted by Crippen LogP contribution is -2.42. The van der Waals surface area contributed by atoms with E-state index in [9.17, 15) is 18.4 Å². The van der Waals surface area contributed by atoms with Crippen LogP contribution in [0.1, 0.15) is 12.0 Å². The molecule has 20 heavy (non-hydrogen) atoms. The largest absolute Gasteiger partial charge is 0.480 e. The zero-order valence-corrected chi connectivity index (χ0v) is 11.6. The number of carbonyl (C=O) groups is 2. The molecular weight excluding hydrogens is 315 g/mol. The first-order valence-electron chi connectivity index (χ1n) is 5.54. The van der Waals surface area contributed by atoms with Crippen LogP contribution in [-0.4, -0.2) is 29.5 Å². The van der Waals surface area contributed by atoms with Gasteiger partial charge >= 0.3 is 5.97 Å². The van der Waals surface area contributed by atoms with E-state index in [2.05, 4.69) is 0 Å². The standard InChI is InChI=1S/C12H11Cl2F2NO3/c13-7-2-1-6(3-8(7)14)4-11(18)17-9(12(19)20)5-10(15)16/h1-3,9-10H,4-5H2,(H,17,18)(H,19,20). The molecule has 110 valence electrons. The van der Waals surface area contributed by atoms with Crippen LogP contribution in [-0.2, 0) is 16.0 Å². The smallest absolute Gasteiger partial charge is 0.326 e. The van der Waals surface area contributed by atoms with Gasteiger partial charge < -0.3 is 10.4 Å². The number of hydrogen-bond acceptors (Lipinski definition) is 2. The lowest BCUT2D eigenvalue weighted by atomic mass is 10.1. The average molecular weight is 326 g/mol. The van der Waals surface area contributed by atoms with Crippen molar-refractivity contribution >= 4 is 35.1 Å². The fraction of sp³-hybridized carbons (Fsp3) is 0.333. The molecule has 0 fully saturated rings. The van der Waals surface area contributed by atoms with Gasteiger partial charge in [0.15, 0.2) is 0 Å². The number of carboxylic acids is 1. The van der Waals surface area contributed by atoms with Crippen molar-refractivity contribution < 1.29 is 23.5 Å². The third-order valence-electron chi connectivity index (χ3n) is 2.40. The first-order chi connectivity index (χ1) is 9.29. The molecule has 0 saturated carbocycles. The van der Waals surface area contributed by atoms with Crippen molar-refractivity contribution in [3.8, 4) is 0 Å². The van der Waals surface area contributed by atoms with Gasteiger partial charge in [-0.15, -0.1) is 0 Å². The van der Waals surface area contributed by atoms with Crippen molar-refractivity contribution in [2.24, 2.45) is 0 Å². The summed E-state index contributed by atoms with van der Waals surface area (Å²) in [5.74, 6) is -2.19. The SMILES string of the molecule is O=C(Cc1ccc(Cl)c(Cl)c1)NC(CC(F)F)C(=O)O. The molecule has 1 aromatic rings. The Morgan fingerprint density at radius 2 is 1.90 bits per heavy atom. The predicted molar refractivity (Wildman–Crippen MR) is 70.4 cm³/mol. The van der Waals surface area contributed by atoms with Crippen LogP contribution in [0.5, 0.6) is 0 Å². The zero-order valence-electron chi connectivity index (χ0n) is 10.1. The molecule has 8 heteroatoms. The van der Waals surface area contributed by atoms with Crippen LogP contribution in [0.2, 0.25) is 10.0 Å². The molecule has 0 bridgehead atoms. The Morgan fingerprint density at radius 3 is 2.40 bits per heavy atom. The molecule has 0 aliphatic heterocycles. The van der Waals surface area contributed by atoms with E-state index >= 15 is 0 Å². The Bertz CT molecular complexity index is 511. The van der Waals surface area contributed by atoms with Crippen LogP contribution in [0.3, 0.4) is 0 Å². The van der Waals surface area contributed by atoms with Crippen molar-refractivity contribution in [2.45, 2.75) is 25.3 Å². The number of amides is 1. The van der Waals surface area contributed by atoms with Crippen molar-refractivity contribution in [1.29, 1.82) is 0 Å². The van der Waals surface area contributed by atoms with E-state index in [4.69, 9.17) is 28.3 Å².